The molecule has 118 valence electrons. The zero-order valence-electron chi connectivity index (χ0n) is 12.7. The molecule has 1 aromatic heterocycles. The van der Waals surface area contributed by atoms with Crippen LogP contribution in [-0.4, -0.2) is 67.3 Å². The van der Waals surface area contributed by atoms with Gasteiger partial charge >= 0.3 is 5.97 Å². The summed E-state index contributed by atoms with van der Waals surface area (Å²) in [5.74, 6) is -0.306. The predicted molar refractivity (Wildman–Crippen MR) is 83.8 cm³/mol. The smallest absolute Gasteiger partial charge is 0.348 e. The molecule has 1 aliphatic rings. The zero-order chi connectivity index (χ0) is 15.2. The quantitative estimate of drug-likeness (QED) is 0.809. The summed E-state index contributed by atoms with van der Waals surface area (Å²) in [6.07, 6.45) is 0.199. The van der Waals surface area contributed by atoms with Gasteiger partial charge in [0.05, 0.1) is 12.7 Å². The van der Waals surface area contributed by atoms with Crippen LogP contribution < -0.4 is 0 Å². The monoisotopic (exact) mass is 312 g/mol. The molecule has 1 saturated heterocycles. The minimum Gasteiger partial charge on any atom is -0.462 e. The van der Waals surface area contributed by atoms with Gasteiger partial charge in [-0.2, -0.15) is 0 Å². The molecular weight excluding hydrogens is 288 g/mol. The number of hydrogen-bond donors (Lipinski definition) is 1. The van der Waals surface area contributed by atoms with Crippen LogP contribution >= 0.6 is 11.3 Å². The average molecular weight is 312 g/mol. The first-order valence-electron chi connectivity index (χ1n) is 7.46. The Morgan fingerprint density at radius 1 is 1.38 bits per heavy atom. The number of carbonyl (C=O) groups excluding carboxylic acids is 1. The number of piperazine rings is 1. The Kier molecular flexibility index (Phi) is 6.17. The number of rotatable bonds is 6. The lowest BCUT2D eigenvalue weighted by molar-refractivity contribution is 0.0532. The lowest BCUT2D eigenvalue weighted by Crippen LogP contribution is -2.44. The second-order valence-electron chi connectivity index (χ2n) is 5.37. The Morgan fingerprint density at radius 3 is 2.76 bits per heavy atom. The highest BCUT2D eigenvalue weighted by atomic mass is 32.1. The maximum absolute atomic E-state index is 11.6. The van der Waals surface area contributed by atoms with Crippen molar-refractivity contribution < 1.29 is 14.6 Å². The predicted octanol–water partition coefficient (Wildman–Crippen LogP) is 1.60. The van der Waals surface area contributed by atoms with E-state index >= 15 is 0 Å². The zero-order valence-corrected chi connectivity index (χ0v) is 13.6. The van der Waals surface area contributed by atoms with E-state index in [1.165, 1.54) is 11.3 Å². The minimum atomic E-state index is -0.502. The first kappa shape index (κ1) is 16.4. The number of esters is 1. The summed E-state index contributed by atoms with van der Waals surface area (Å²) in [6, 6.07) is 3.56. The van der Waals surface area contributed by atoms with Gasteiger partial charge in [-0.15, -0.1) is 11.3 Å². The molecule has 1 fully saturated rings. The Labute approximate surface area is 130 Å². The molecule has 0 bridgehead atoms. The lowest BCUT2D eigenvalue weighted by Gasteiger charge is -2.32. The molecule has 0 radical (unpaired) electrons. The van der Waals surface area contributed by atoms with Crippen molar-refractivity contribution in [3.63, 3.8) is 0 Å². The van der Waals surface area contributed by atoms with Crippen LogP contribution in [0.5, 0.6) is 0 Å². The first-order chi connectivity index (χ1) is 10.1. The van der Waals surface area contributed by atoms with E-state index in [1.54, 1.807) is 13.0 Å². The van der Waals surface area contributed by atoms with Gasteiger partial charge in [0, 0.05) is 37.6 Å². The third-order valence-corrected chi connectivity index (χ3v) is 4.91. The molecule has 0 aliphatic carbocycles. The Hall–Kier alpha value is -0.950. The van der Waals surface area contributed by atoms with Crippen LogP contribution in [-0.2, 0) is 4.74 Å². The molecular formula is C15H24N2O3S. The molecule has 1 aromatic rings. The highest BCUT2D eigenvalue weighted by Gasteiger charge is 2.18. The van der Waals surface area contributed by atoms with Crippen molar-refractivity contribution >= 4 is 17.3 Å². The van der Waals surface area contributed by atoms with E-state index in [0.29, 0.717) is 17.9 Å². The molecule has 1 aliphatic heterocycles. The topological polar surface area (TPSA) is 53.0 Å². The summed E-state index contributed by atoms with van der Waals surface area (Å²) >= 11 is 1.32. The van der Waals surface area contributed by atoms with Crippen molar-refractivity contribution in [1.29, 1.82) is 0 Å². The molecule has 2 rings (SSSR count). The maximum atomic E-state index is 11.6. The largest absolute Gasteiger partial charge is 0.462 e. The third kappa shape index (κ3) is 4.78. The summed E-state index contributed by atoms with van der Waals surface area (Å²) in [4.78, 5) is 17.7. The Balaban J connectivity index is 1.80. The number of carbonyl (C=O) groups is 1. The number of ether oxygens (including phenoxy) is 1. The van der Waals surface area contributed by atoms with Gasteiger partial charge in [-0.25, -0.2) is 4.79 Å². The van der Waals surface area contributed by atoms with E-state index in [1.807, 2.05) is 6.07 Å². The highest BCUT2D eigenvalue weighted by Crippen LogP contribution is 2.26. The molecule has 5 nitrogen and oxygen atoms in total. The Bertz CT molecular complexity index is 456. The van der Waals surface area contributed by atoms with Crippen LogP contribution in [0.2, 0.25) is 0 Å². The van der Waals surface area contributed by atoms with Gasteiger partial charge in [0.25, 0.3) is 0 Å². The number of likely N-dealkylation sites (N-methyl/N-ethyl adjacent to an activating group) is 1. The number of aliphatic hydroxyl groups is 1. The third-order valence-electron chi connectivity index (χ3n) is 3.75. The van der Waals surface area contributed by atoms with Crippen LogP contribution in [0.25, 0.3) is 0 Å². The summed E-state index contributed by atoms with van der Waals surface area (Å²) < 4.78 is 4.96. The molecule has 1 unspecified atom stereocenters. The summed E-state index contributed by atoms with van der Waals surface area (Å²) in [7, 11) is 2.13. The van der Waals surface area contributed by atoms with Crippen molar-refractivity contribution in [3.05, 3.63) is 21.9 Å². The second kappa shape index (κ2) is 7.89. The van der Waals surface area contributed by atoms with E-state index in [0.717, 1.165) is 37.6 Å². The minimum absolute atomic E-state index is 0.306. The fourth-order valence-electron chi connectivity index (χ4n) is 2.36. The summed E-state index contributed by atoms with van der Waals surface area (Å²) in [5.41, 5.74) is 0. The molecule has 6 heteroatoms. The van der Waals surface area contributed by atoms with Gasteiger partial charge < -0.3 is 19.6 Å². The van der Waals surface area contributed by atoms with Gasteiger partial charge in [0.15, 0.2) is 0 Å². The number of aliphatic hydroxyl groups excluding tert-OH is 1. The van der Waals surface area contributed by atoms with E-state index in [9.17, 15) is 9.90 Å². The maximum Gasteiger partial charge on any atom is 0.348 e. The van der Waals surface area contributed by atoms with Crippen LogP contribution in [0.15, 0.2) is 12.1 Å². The van der Waals surface area contributed by atoms with Crippen molar-refractivity contribution in [2.75, 3.05) is 46.4 Å². The molecule has 1 N–H and O–H groups in total. The van der Waals surface area contributed by atoms with Gasteiger partial charge in [-0.1, -0.05) is 0 Å². The van der Waals surface area contributed by atoms with E-state index < -0.39 is 6.10 Å². The molecule has 0 amide bonds. The van der Waals surface area contributed by atoms with Crippen LogP contribution in [0, 0.1) is 0 Å². The van der Waals surface area contributed by atoms with E-state index in [2.05, 4.69) is 16.8 Å². The van der Waals surface area contributed by atoms with Crippen LogP contribution in [0.1, 0.15) is 34.0 Å². The molecule has 0 spiro atoms. The fourth-order valence-corrected chi connectivity index (χ4v) is 3.28. The number of nitrogens with zero attached hydrogens (tertiary/aromatic N) is 2. The van der Waals surface area contributed by atoms with E-state index in [-0.39, 0.29) is 5.97 Å². The van der Waals surface area contributed by atoms with Crippen LogP contribution in [0.3, 0.4) is 0 Å². The molecule has 0 aromatic carbocycles. The highest BCUT2D eigenvalue weighted by molar-refractivity contribution is 7.14. The molecule has 21 heavy (non-hydrogen) atoms. The lowest BCUT2D eigenvalue weighted by atomic mass is 10.2. The average Bonchev–Trinajstić information content (AvgIpc) is 2.96. The standard InChI is InChI=1S/C15H24N2O3S/c1-3-20-15(19)14-5-4-13(21-14)12(18)6-7-17-10-8-16(2)9-11-17/h4-5,12,18H,3,6-11H2,1-2H3. The molecule has 2 heterocycles. The fraction of sp³-hybridized carbons (Fsp3) is 0.667. The summed E-state index contributed by atoms with van der Waals surface area (Å²) in [6.45, 7) is 7.34. The van der Waals surface area contributed by atoms with Gasteiger partial charge in [0.1, 0.15) is 4.88 Å². The van der Waals surface area contributed by atoms with Gasteiger partial charge in [-0.05, 0) is 32.5 Å². The second-order valence-corrected chi connectivity index (χ2v) is 6.49. The van der Waals surface area contributed by atoms with E-state index in [4.69, 9.17) is 4.74 Å². The summed E-state index contributed by atoms with van der Waals surface area (Å²) in [5, 5.41) is 10.2. The van der Waals surface area contributed by atoms with Crippen molar-refractivity contribution in [1.82, 2.24) is 9.80 Å². The SMILES string of the molecule is CCOC(=O)c1ccc(C(O)CCN2CCN(C)CC2)s1. The molecule has 1 atom stereocenters. The first-order valence-corrected chi connectivity index (χ1v) is 8.27. The van der Waals surface area contributed by atoms with Crippen LogP contribution in [0.4, 0.5) is 0 Å². The van der Waals surface area contributed by atoms with Crippen molar-refractivity contribution in [3.8, 4) is 0 Å². The van der Waals surface area contributed by atoms with Crippen molar-refractivity contribution in [2.45, 2.75) is 19.4 Å². The number of hydrogen-bond acceptors (Lipinski definition) is 6. The normalized spacial score (nSPS) is 18.6. The van der Waals surface area contributed by atoms with Gasteiger partial charge in [-0.3, -0.25) is 0 Å². The van der Waals surface area contributed by atoms with Crippen molar-refractivity contribution in [2.24, 2.45) is 0 Å². The van der Waals surface area contributed by atoms with Gasteiger partial charge in [0.2, 0.25) is 0 Å². The number of thiophene rings is 1. The molecule has 0 saturated carbocycles. The Morgan fingerprint density at radius 2 is 2.10 bits per heavy atom.